The summed E-state index contributed by atoms with van der Waals surface area (Å²) < 4.78 is 0. The number of carbonyl (C=O) groups is 2. The minimum atomic E-state index is -0.586. The summed E-state index contributed by atoms with van der Waals surface area (Å²) >= 11 is 1.51. The van der Waals surface area contributed by atoms with Crippen LogP contribution in [0.1, 0.15) is 27.2 Å². The van der Waals surface area contributed by atoms with Crippen molar-refractivity contribution in [2.24, 2.45) is 0 Å². The molecule has 5 rings (SSSR count). The summed E-state index contributed by atoms with van der Waals surface area (Å²) in [5.74, 6) is -0.748. The number of rotatable bonds is 8. The fourth-order valence-electron chi connectivity index (χ4n) is 4.26. The highest BCUT2D eigenvalue weighted by atomic mass is 32.1. The van der Waals surface area contributed by atoms with E-state index in [-0.39, 0.29) is 11.8 Å². The lowest BCUT2D eigenvalue weighted by Gasteiger charge is -2.18. The molecule has 0 unspecified atom stereocenters. The number of fused-ring (bicyclic) bond motifs is 1. The molecule has 176 valence electrons. The molecule has 2 aromatic heterocycles. The third-order valence-electron chi connectivity index (χ3n) is 6.05. The molecule has 0 saturated carbocycles. The van der Waals surface area contributed by atoms with Gasteiger partial charge in [0.2, 0.25) is 5.91 Å². The Bertz CT molecular complexity index is 1310. The van der Waals surface area contributed by atoms with Gasteiger partial charge in [0.1, 0.15) is 0 Å². The van der Waals surface area contributed by atoms with Gasteiger partial charge in [0, 0.05) is 42.1 Å². The van der Waals surface area contributed by atoms with Crippen LogP contribution >= 0.6 is 11.3 Å². The van der Waals surface area contributed by atoms with Crippen molar-refractivity contribution in [2.45, 2.75) is 25.4 Å². The van der Waals surface area contributed by atoms with Crippen LogP contribution in [0, 0.1) is 0 Å². The standard InChI is InChI=1S/C27H25N5O2S/c33-26(23-13-20(19-6-9-28-10-7-19)14-24-22(23)8-11-29-24)32-27(34)25(12-18-4-2-1-3-5-18)30-15-21-16-35-17-31-21/h1-7,9-10,13-14,16-17,25,29-30H,8,11-12,15H2,(H,32,33,34)/t25-/m0/s1. The van der Waals surface area contributed by atoms with E-state index in [9.17, 15) is 9.59 Å². The van der Waals surface area contributed by atoms with Crippen LogP contribution in [0.15, 0.2) is 77.9 Å². The first-order chi connectivity index (χ1) is 17.2. The number of imide groups is 1. The average Bonchev–Trinajstić information content (AvgIpc) is 3.59. The molecule has 0 fully saturated rings. The van der Waals surface area contributed by atoms with Crippen molar-refractivity contribution in [2.75, 3.05) is 11.9 Å². The normalized spacial score (nSPS) is 13.0. The second-order valence-electron chi connectivity index (χ2n) is 8.38. The number of nitrogens with zero attached hydrogens (tertiary/aromatic N) is 2. The van der Waals surface area contributed by atoms with E-state index in [0.29, 0.717) is 18.5 Å². The Hall–Kier alpha value is -3.88. The fourth-order valence-corrected chi connectivity index (χ4v) is 4.82. The van der Waals surface area contributed by atoms with Crippen molar-refractivity contribution < 1.29 is 9.59 Å². The number of amides is 2. The predicted molar refractivity (Wildman–Crippen MR) is 137 cm³/mol. The lowest BCUT2D eigenvalue weighted by molar-refractivity contribution is -0.122. The minimum Gasteiger partial charge on any atom is -0.384 e. The zero-order valence-corrected chi connectivity index (χ0v) is 19.8. The van der Waals surface area contributed by atoms with Crippen molar-refractivity contribution in [3.05, 3.63) is 100 Å². The summed E-state index contributed by atoms with van der Waals surface area (Å²) in [5.41, 5.74) is 7.88. The Morgan fingerprint density at radius 2 is 1.89 bits per heavy atom. The zero-order chi connectivity index (χ0) is 24.0. The first-order valence-electron chi connectivity index (χ1n) is 11.5. The Morgan fingerprint density at radius 1 is 1.06 bits per heavy atom. The molecule has 7 nitrogen and oxygen atoms in total. The van der Waals surface area contributed by atoms with Gasteiger partial charge in [-0.3, -0.25) is 25.2 Å². The SMILES string of the molecule is O=C(NC(=O)[C@H](Cc1ccccc1)NCc1cscn1)c1cc(-c2ccncc2)cc2c1CCN2. The third-order valence-corrected chi connectivity index (χ3v) is 6.68. The van der Waals surface area contributed by atoms with Crippen LogP contribution in [0.5, 0.6) is 0 Å². The van der Waals surface area contributed by atoms with E-state index < -0.39 is 6.04 Å². The summed E-state index contributed by atoms with van der Waals surface area (Å²) in [5, 5.41) is 11.2. The molecule has 0 radical (unpaired) electrons. The first-order valence-corrected chi connectivity index (χ1v) is 12.4. The van der Waals surface area contributed by atoms with Crippen molar-refractivity contribution in [3.63, 3.8) is 0 Å². The Morgan fingerprint density at radius 3 is 2.66 bits per heavy atom. The number of carbonyl (C=O) groups excluding carboxylic acids is 2. The van der Waals surface area contributed by atoms with Crippen molar-refractivity contribution in [3.8, 4) is 11.1 Å². The van der Waals surface area contributed by atoms with Gasteiger partial charge in [-0.1, -0.05) is 30.3 Å². The highest BCUT2D eigenvalue weighted by molar-refractivity contribution is 7.07. The number of nitrogens with one attached hydrogen (secondary N) is 3. The highest BCUT2D eigenvalue weighted by Gasteiger charge is 2.25. The van der Waals surface area contributed by atoms with E-state index in [0.717, 1.165) is 46.6 Å². The van der Waals surface area contributed by atoms with Crippen molar-refractivity contribution in [1.82, 2.24) is 20.6 Å². The molecule has 35 heavy (non-hydrogen) atoms. The maximum Gasteiger partial charge on any atom is 0.258 e. The third kappa shape index (κ3) is 5.45. The van der Waals surface area contributed by atoms with E-state index in [1.165, 1.54) is 11.3 Å². The number of hydrogen-bond donors (Lipinski definition) is 3. The maximum absolute atomic E-state index is 13.4. The van der Waals surface area contributed by atoms with Crippen LogP contribution in [0.25, 0.3) is 11.1 Å². The number of thiazole rings is 1. The van der Waals surface area contributed by atoms with E-state index >= 15 is 0 Å². The number of anilines is 1. The van der Waals surface area contributed by atoms with Gasteiger partial charge in [0.15, 0.2) is 0 Å². The van der Waals surface area contributed by atoms with Crippen LogP contribution < -0.4 is 16.0 Å². The Labute approximate surface area is 207 Å². The van der Waals surface area contributed by atoms with Crippen molar-refractivity contribution >= 4 is 28.8 Å². The molecule has 0 aliphatic carbocycles. The van der Waals surface area contributed by atoms with Gasteiger partial charge in [-0.05, 0) is 59.4 Å². The van der Waals surface area contributed by atoms with E-state index in [1.54, 1.807) is 17.9 Å². The summed E-state index contributed by atoms with van der Waals surface area (Å²) in [6.45, 7) is 1.20. The summed E-state index contributed by atoms with van der Waals surface area (Å²) in [6, 6.07) is 16.9. The zero-order valence-electron chi connectivity index (χ0n) is 19.0. The predicted octanol–water partition coefficient (Wildman–Crippen LogP) is 3.83. The largest absolute Gasteiger partial charge is 0.384 e. The van der Waals surface area contributed by atoms with Gasteiger partial charge < -0.3 is 5.32 Å². The molecule has 1 aliphatic rings. The van der Waals surface area contributed by atoms with Gasteiger partial charge in [-0.15, -0.1) is 11.3 Å². The molecule has 0 bridgehead atoms. The van der Waals surface area contributed by atoms with Gasteiger partial charge in [0.25, 0.3) is 5.91 Å². The second kappa shape index (κ2) is 10.6. The van der Waals surface area contributed by atoms with E-state index in [1.807, 2.05) is 60.0 Å². The summed E-state index contributed by atoms with van der Waals surface area (Å²) in [6.07, 6.45) is 4.64. The molecule has 1 aliphatic heterocycles. The summed E-state index contributed by atoms with van der Waals surface area (Å²) in [7, 11) is 0. The number of aromatic nitrogens is 2. The van der Waals surface area contributed by atoms with E-state index in [2.05, 4.69) is 25.9 Å². The molecule has 1 atom stereocenters. The van der Waals surface area contributed by atoms with Crippen molar-refractivity contribution in [1.29, 1.82) is 0 Å². The monoisotopic (exact) mass is 483 g/mol. The van der Waals surface area contributed by atoms with Gasteiger partial charge in [-0.2, -0.15) is 0 Å². The van der Waals surface area contributed by atoms with Crippen LogP contribution in [-0.4, -0.2) is 34.4 Å². The quantitative estimate of drug-likeness (QED) is 0.353. The smallest absolute Gasteiger partial charge is 0.258 e. The Kier molecular flexibility index (Phi) is 6.92. The molecular weight excluding hydrogens is 458 g/mol. The number of pyridine rings is 1. The molecular formula is C27H25N5O2S. The molecule has 2 amide bonds. The van der Waals surface area contributed by atoms with Gasteiger partial charge >= 0.3 is 0 Å². The minimum absolute atomic E-state index is 0.358. The fraction of sp³-hybridized carbons (Fsp3) is 0.185. The number of benzene rings is 2. The first kappa shape index (κ1) is 22.9. The summed E-state index contributed by atoms with van der Waals surface area (Å²) in [4.78, 5) is 35.1. The Balaban J connectivity index is 1.37. The van der Waals surface area contributed by atoms with Crippen LogP contribution in [0.3, 0.4) is 0 Å². The van der Waals surface area contributed by atoms with E-state index in [4.69, 9.17) is 0 Å². The molecule has 4 aromatic rings. The molecule has 0 spiro atoms. The van der Waals surface area contributed by atoms with Crippen LogP contribution in [-0.2, 0) is 24.2 Å². The van der Waals surface area contributed by atoms with Crippen LogP contribution in [0.4, 0.5) is 5.69 Å². The van der Waals surface area contributed by atoms with Gasteiger partial charge in [0.05, 0.1) is 17.2 Å². The number of hydrogen-bond acceptors (Lipinski definition) is 7. The molecule has 3 N–H and O–H groups in total. The topological polar surface area (TPSA) is 96.0 Å². The lowest BCUT2D eigenvalue weighted by Crippen LogP contribution is -2.47. The second-order valence-corrected chi connectivity index (χ2v) is 9.10. The average molecular weight is 484 g/mol. The van der Waals surface area contributed by atoms with Crippen LogP contribution in [0.2, 0.25) is 0 Å². The molecule has 3 heterocycles. The highest BCUT2D eigenvalue weighted by Crippen LogP contribution is 2.32. The van der Waals surface area contributed by atoms with Gasteiger partial charge in [-0.25, -0.2) is 4.98 Å². The lowest BCUT2D eigenvalue weighted by atomic mass is 9.97. The maximum atomic E-state index is 13.4. The molecule has 0 saturated heterocycles. The molecule has 2 aromatic carbocycles. The molecule has 8 heteroatoms.